The number of β-amino-alcohol motifs (C(OH)–C–C–N with tert-alkyl or cyclic N) is 1. The molecule has 1 atom stereocenters. The SMILES string of the molecule is C=C/C=C\C(=NC)C(=O)NCC(O)CN1CCc2ccccc2C1. The monoisotopic (exact) mass is 327 g/mol. The third-order valence-corrected chi connectivity index (χ3v) is 4.04. The smallest absolute Gasteiger partial charge is 0.269 e. The van der Waals surface area contributed by atoms with Crippen LogP contribution in [0.2, 0.25) is 0 Å². The Morgan fingerprint density at radius 2 is 2.21 bits per heavy atom. The molecule has 2 N–H and O–H groups in total. The molecule has 1 aromatic carbocycles. The van der Waals surface area contributed by atoms with Crippen LogP contribution in [0, 0.1) is 0 Å². The van der Waals surface area contributed by atoms with Gasteiger partial charge in [-0.2, -0.15) is 0 Å². The van der Waals surface area contributed by atoms with E-state index in [-0.39, 0.29) is 12.5 Å². The minimum atomic E-state index is -0.610. The van der Waals surface area contributed by atoms with Gasteiger partial charge in [0.1, 0.15) is 5.71 Å². The largest absolute Gasteiger partial charge is 0.390 e. The molecule has 0 spiro atoms. The van der Waals surface area contributed by atoms with Gasteiger partial charge in [-0.05, 0) is 23.6 Å². The summed E-state index contributed by atoms with van der Waals surface area (Å²) in [5, 5.41) is 12.9. The van der Waals surface area contributed by atoms with Gasteiger partial charge in [0.05, 0.1) is 6.10 Å². The molecule has 0 fully saturated rings. The van der Waals surface area contributed by atoms with Gasteiger partial charge < -0.3 is 10.4 Å². The highest BCUT2D eigenvalue weighted by Gasteiger charge is 2.19. The Morgan fingerprint density at radius 3 is 2.92 bits per heavy atom. The highest BCUT2D eigenvalue weighted by molar-refractivity contribution is 6.43. The van der Waals surface area contributed by atoms with E-state index in [4.69, 9.17) is 0 Å². The zero-order valence-electron chi connectivity index (χ0n) is 14.1. The average molecular weight is 327 g/mol. The molecule has 2 rings (SSSR count). The fraction of sp³-hybridized carbons (Fsp3) is 0.368. The molecular formula is C19H25N3O2. The van der Waals surface area contributed by atoms with Gasteiger partial charge in [0.15, 0.2) is 0 Å². The van der Waals surface area contributed by atoms with E-state index in [1.807, 2.05) is 6.07 Å². The molecule has 1 heterocycles. The summed E-state index contributed by atoms with van der Waals surface area (Å²) >= 11 is 0. The molecule has 0 bridgehead atoms. The Balaban J connectivity index is 1.80. The van der Waals surface area contributed by atoms with Crippen LogP contribution in [0.3, 0.4) is 0 Å². The Hall–Kier alpha value is -2.24. The van der Waals surface area contributed by atoms with Crippen molar-refractivity contribution in [2.45, 2.75) is 19.1 Å². The first-order chi connectivity index (χ1) is 11.6. The highest BCUT2D eigenvalue weighted by atomic mass is 16.3. The van der Waals surface area contributed by atoms with Gasteiger partial charge >= 0.3 is 0 Å². The van der Waals surface area contributed by atoms with Crippen LogP contribution in [-0.4, -0.2) is 54.4 Å². The molecule has 1 amide bonds. The van der Waals surface area contributed by atoms with Gasteiger partial charge in [0.2, 0.25) is 0 Å². The molecule has 0 aromatic heterocycles. The minimum absolute atomic E-state index is 0.206. The van der Waals surface area contributed by atoms with Crippen LogP contribution >= 0.6 is 0 Å². The number of fused-ring (bicyclic) bond motifs is 1. The number of amides is 1. The number of carbonyl (C=O) groups is 1. The van der Waals surface area contributed by atoms with Crippen molar-refractivity contribution >= 4 is 11.6 Å². The van der Waals surface area contributed by atoms with Crippen molar-refractivity contribution < 1.29 is 9.90 Å². The minimum Gasteiger partial charge on any atom is -0.390 e. The summed E-state index contributed by atoms with van der Waals surface area (Å²) in [6, 6.07) is 8.39. The van der Waals surface area contributed by atoms with Crippen molar-refractivity contribution in [1.82, 2.24) is 10.2 Å². The third-order valence-electron chi connectivity index (χ3n) is 4.04. The molecule has 0 saturated heterocycles. The first-order valence-corrected chi connectivity index (χ1v) is 8.15. The lowest BCUT2D eigenvalue weighted by atomic mass is 10.00. The van der Waals surface area contributed by atoms with Gasteiger partial charge in [-0.3, -0.25) is 14.7 Å². The fourth-order valence-electron chi connectivity index (χ4n) is 2.78. The zero-order chi connectivity index (χ0) is 17.4. The number of aliphatic imine (C=N–C) groups is 1. The quantitative estimate of drug-likeness (QED) is 0.587. The van der Waals surface area contributed by atoms with Gasteiger partial charge in [0.25, 0.3) is 5.91 Å². The van der Waals surface area contributed by atoms with Crippen LogP contribution in [-0.2, 0) is 17.8 Å². The molecule has 1 aliphatic heterocycles. The van der Waals surface area contributed by atoms with Gasteiger partial charge in [-0.15, -0.1) is 0 Å². The average Bonchev–Trinajstić information content (AvgIpc) is 2.60. The standard InChI is InChI=1S/C19H25N3O2/c1-3-4-9-18(20-2)19(24)21-12-17(23)14-22-11-10-15-7-5-6-8-16(15)13-22/h3-9,17,23H,1,10-14H2,2H3,(H,21,24)/b9-4-,20-18?. The first kappa shape index (κ1) is 18.1. The molecule has 1 unspecified atom stereocenters. The van der Waals surface area contributed by atoms with Crippen LogP contribution in [0.5, 0.6) is 0 Å². The number of carbonyl (C=O) groups excluding carboxylic acids is 1. The van der Waals surface area contributed by atoms with Crippen molar-refractivity contribution in [3.63, 3.8) is 0 Å². The summed E-state index contributed by atoms with van der Waals surface area (Å²) in [5.41, 5.74) is 3.01. The number of hydrogen-bond donors (Lipinski definition) is 2. The van der Waals surface area contributed by atoms with E-state index in [9.17, 15) is 9.90 Å². The van der Waals surface area contributed by atoms with E-state index in [1.54, 1.807) is 25.3 Å². The summed E-state index contributed by atoms with van der Waals surface area (Å²) < 4.78 is 0. The van der Waals surface area contributed by atoms with Crippen LogP contribution < -0.4 is 5.32 Å². The van der Waals surface area contributed by atoms with E-state index in [0.717, 1.165) is 19.5 Å². The second kappa shape index (κ2) is 9.15. The number of hydrogen-bond acceptors (Lipinski definition) is 4. The number of aliphatic hydroxyl groups excluding tert-OH is 1. The topological polar surface area (TPSA) is 64.9 Å². The molecule has 1 aliphatic rings. The summed E-state index contributed by atoms with van der Waals surface area (Å²) in [6.45, 7) is 6.07. The third kappa shape index (κ3) is 5.15. The number of nitrogens with zero attached hydrogens (tertiary/aromatic N) is 2. The molecule has 0 aliphatic carbocycles. The molecule has 0 saturated carbocycles. The summed E-state index contributed by atoms with van der Waals surface area (Å²) in [5.74, 6) is -0.293. The highest BCUT2D eigenvalue weighted by Crippen LogP contribution is 2.18. The van der Waals surface area contributed by atoms with E-state index < -0.39 is 6.10 Å². The van der Waals surface area contributed by atoms with E-state index >= 15 is 0 Å². The van der Waals surface area contributed by atoms with Crippen molar-refractivity contribution in [3.8, 4) is 0 Å². The predicted octanol–water partition coefficient (Wildman–Crippen LogP) is 1.33. The molecular weight excluding hydrogens is 302 g/mol. The first-order valence-electron chi connectivity index (χ1n) is 8.15. The maximum absolute atomic E-state index is 12.0. The number of nitrogens with one attached hydrogen (secondary N) is 1. The van der Waals surface area contributed by atoms with Crippen molar-refractivity contribution in [1.29, 1.82) is 0 Å². The Bertz CT molecular complexity index is 637. The lowest BCUT2D eigenvalue weighted by Gasteiger charge is -2.30. The normalized spacial score (nSPS) is 16.7. The fourth-order valence-corrected chi connectivity index (χ4v) is 2.78. The molecule has 24 heavy (non-hydrogen) atoms. The van der Waals surface area contributed by atoms with E-state index in [0.29, 0.717) is 12.3 Å². The van der Waals surface area contributed by atoms with Crippen LogP contribution in [0.25, 0.3) is 0 Å². The van der Waals surface area contributed by atoms with Gasteiger partial charge in [0, 0.05) is 33.2 Å². The zero-order valence-corrected chi connectivity index (χ0v) is 14.1. The second-order valence-corrected chi connectivity index (χ2v) is 5.82. The van der Waals surface area contributed by atoms with Crippen LogP contribution in [0.4, 0.5) is 0 Å². The Kier molecular flexibility index (Phi) is 6.90. The summed E-state index contributed by atoms with van der Waals surface area (Å²) in [6.07, 6.45) is 5.22. The summed E-state index contributed by atoms with van der Waals surface area (Å²) in [4.78, 5) is 18.1. The maximum Gasteiger partial charge on any atom is 0.269 e. The van der Waals surface area contributed by atoms with Gasteiger partial charge in [-0.1, -0.05) is 43.0 Å². The number of benzene rings is 1. The molecule has 5 heteroatoms. The van der Waals surface area contributed by atoms with Crippen molar-refractivity contribution in [2.75, 3.05) is 26.7 Å². The van der Waals surface area contributed by atoms with Crippen molar-refractivity contribution in [3.05, 3.63) is 60.2 Å². The Labute approximate surface area is 143 Å². The van der Waals surface area contributed by atoms with Crippen LogP contribution in [0.15, 0.2) is 54.1 Å². The van der Waals surface area contributed by atoms with Crippen molar-refractivity contribution in [2.24, 2.45) is 4.99 Å². The molecule has 0 radical (unpaired) electrons. The number of allylic oxidation sites excluding steroid dienone is 2. The number of aliphatic hydroxyl groups is 1. The summed E-state index contributed by atoms with van der Waals surface area (Å²) in [7, 11) is 1.56. The lowest BCUT2D eigenvalue weighted by Crippen LogP contribution is -2.43. The molecule has 1 aromatic rings. The molecule has 5 nitrogen and oxygen atoms in total. The van der Waals surface area contributed by atoms with Crippen LogP contribution in [0.1, 0.15) is 11.1 Å². The second-order valence-electron chi connectivity index (χ2n) is 5.82. The number of rotatable bonds is 7. The van der Waals surface area contributed by atoms with E-state index in [2.05, 4.69) is 40.0 Å². The lowest BCUT2D eigenvalue weighted by molar-refractivity contribution is -0.115. The van der Waals surface area contributed by atoms with E-state index in [1.165, 1.54) is 11.1 Å². The predicted molar refractivity (Wildman–Crippen MR) is 97.1 cm³/mol. The maximum atomic E-state index is 12.0. The Morgan fingerprint density at radius 1 is 1.46 bits per heavy atom. The van der Waals surface area contributed by atoms with Gasteiger partial charge in [-0.25, -0.2) is 0 Å². The molecule has 128 valence electrons.